The zero-order valence-corrected chi connectivity index (χ0v) is 9.55. The van der Waals surface area contributed by atoms with Crippen LogP contribution in [0.1, 0.15) is 33.3 Å². The number of rotatable bonds is 2. The smallest absolute Gasteiger partial charge is 0.123 e. The fourth-order valence-electron chi connectivity index (χ4n) is 0.780. The Kier molecular flexibility index (Phi) is 13.5. The zero-order chi connectivity index (χ0) is 11.4. The Morgan fingerprint density at radius 3 is 1.79 bits per heavy atom. The molecule has 0 fully saturated rings. The minimum absolute atomic E-state index is 0.117. The van der Waals surface area contributed by atoms with Gasteiger partial charge in [-0.2, -0.15) is 0 Å². The van der Waals surface area contributed by atoms with E-state index in [-0.39, 0.29) is 12.4 Å². The Bertz CT molecular complexity index is 194. The minimum Gasteiger partial charge on any atom is -0.396 e. The van der Waals surface area contributed by atoms with Gasteiger partial charge in [-0.1, -0.05) is 39.8 Å². The fraction of sp³-hybridized carbons (Fsp3) is 0.500. The molecule has 2 heteroatoms. The fourth-order valence-corrected chi connectivity index (χ4v) is 0.780. The van der Waals surface area contributed by atoms with Gasteiger partial charge in [-0.25, -0.2) is 4.39 Å². The molecule has 1 aromatic carbocycles. The molecule has 0 aromatic heterocycles. The summed E-state index contributed by atoms with van der Waals surface area (Å²) >= 11 is 0. The van der Waals surface area contributed by atoms with Crippen molar-refractivity contribution in [3.63, 3.8) is 0 Å². The van der Waals surface area contributed by atoms with Gasteiger partial charge in [0.1, 0.15) is 5.82 Å². The molecule has 1 nitrogen and oxygen atoms in total. The molecule has 0 bridgehead atoms. The second kappa shape index (κ2) is 12.1. The number of halogens is 1. The van der Waals surface area contributed by atoms with Crippen molar-refractivity contribution in [2.45, 2.75) is 34.1 Å². The molecule has 0 aliphatic carbocycles. The monoisotopic (exact) mass is 200 g/mol. The largest absolute Gasteiger partial charge is 0.396 e. The highest BCUT2D eigenvalue weighted by molar-refractivity contribution is 5.15. The normalized spacial score (nSPS) is 7.86. The van der Waals surface area contributed by atoms with Crippen LogP contribution in [0.15, 0.2) is 24.3 Å². The van der Waals surface area contributed by atoms with Crippen molar-refractivity contribution >= 4 is 0 Å². The zero-order valence-electron chi connectivity index (χ0n) is 9.55. The Balaban J connectivity index is 0. The van der Waals surface area contributed by atoms with Gasteiger partial charge in [-0.3, -0.25) is 0 Å². The van der Waals surface area contributed by atoms with Crippen molar-refractivity contribution in [1.82, 2.24) is 0 Å². The third-order valence-corrected chi connectivity index (χ3v) is 1.31. The van der Waals surface area contributed by atoms with Gasteiger partial charge in [-0.05, 0) is 24.1 Å². The van der Waals surface area contributed by atoms with Crippen molar-refractivity contribution in [2.75, 3.05) is 6.61 Å². The highest BCUT2D eigenvalue weighted by Crippen LogP contribution is 2.02. The number of aliphatic hydroxyl groups excluding tert-OH is 1. The predicted molar refractivity (Wildman–Crippen MR) is 59.9 cm³/mol. The van der Waals surface area contributed by atoms with Gasteiger partial charge in [0.2, 0.25) is 0 Å². The second-order valence-electron chi connectivity index (χ2n) is 2.10. The summed E-state index contributed by atoms with van der Waals surface area (Å²) in [5, 5.41) is 8.50. The molecule has 0 saturated heterocycles. The topological polar surface area (TPSA) is 20.2 Å². The van der Waals surface area contributed by atoms with Gasteiger partial charge in [0.15, 0.2) is 0 Å². The van der Waals surface area contributed by atoms with Crippen molar-refractivity contribution in [1.29, 1.82) is 0 Å². The molecule has 0 aliphatic rings. The van der Waals surface area contributed by atoms with E-state index in [4.69, 9.17) is 5.11 Å². The molecule has 82 valence electrons. The lowest BCUT2D eigenvalue weighted by Crippen LogP contribution is -1.89. The number of aliphatic hydroxyl groups is 1. The number of benzene rings is 1. The maximum atomic E-state index is 12.3. The third kappa shape index (κ3) is 7.74. The van der Waals surface area contributed by atoms with Crippen LogP contribution in [0.3, 0.4) is 0 Å². The van der Waals surface area contributed by atoms with Crippen LogP contribution in [0.4, 0.5) is 4.39 Å². The van der Waals surface area contributed by atoms with Crippen LogP contribution in [0.5, 0.6) is 0 Å². The van der Waals surface area contributed by atoms with Crippen molar-refractivity contribution < 1.29 is 9.50 Å². The first kappa shape index (κ1) is 15.6. The van der Waals surface area contributed by atoms with E-state index in [2.05, 4.69) is 0 Å². The van der Waals surface area contributed by atoms with E-state index in [1.54, 1.807) is 12.1 Å². The van der Waals surface area contributed by atoms with Crippen LogP contribution in [-0.2, 0) is 6.42 Å². The SMILES string of the molecule is CC.CC.OCCc1ccc(F)cc1. The van der Waals surface area contributed by atoms with E-state index in [1.807, 2.05) is 27.7 Å². The standard InChI is InChI=1S/C8H9FO.2C2H6/c9-8-3-1-7(2-4-8)5-6-10;2*1-2/h1-4,10H,5-6H2;2*1-2H3. The molecule has 0 amide bonds. The van der Waals surface area contributed by atoms with Crippen LogP contribution in [0.2, 0.25) is 0 Å². The number of hydrogen-bond acceptors (Lipinski definition) is 1. The molecule has 0 aliphatic heterocycles. The molecule has 14 heavy (non-hydrogen) atoms. The van der Waals surface area contributed by atoms with Gasteiger partial charge >= 0.3 is 0 Å². The van der Waals surface area contributed by atoms with Gasteiger partial charge in [0.05, 0.1) is 0 Å². The van der Waals surface area contributed by atoms with Crippen LogP contribution >= 0.6 is 0 Å². The van der Waals surface area contributed by atoms with Gasteiger partial charge in [0.25, 0.3) is 0 Å². The highest BCUT2D eigenvalue weighted by Gasteiger charge is 1.90. The first-order valence-corrected chi connectivity index (χ1v) is 5.18. The van der Waals surface area contributed by atoms with Gasteiger partial charge in [-0.15, -0.1) is 0 Å². The molecule has 0 radical (unpaired) electrons. The van der Waals surface area contributed by atoms with Crippen LogP contribution in [-0.4, -0.2) is 11.7 Å². The minimum atomic E-state index is -0.235. The molecular weight excluding hydrogens is 179 g/mol. The lowest BCUT2D eigenvalue weighted by atomic mass is 10.2. The van der Waals surface area contributed by atoms with Crippen molar-refractivity contribution in [2.24, 2.45) is 0 Å². The first-order chi connectivity index (χ1) is 6.83. The summed E-state index contributed by atoms with van der Waals surface area (Å²) < 4.78 is 12.3. The summed E-state index contributed by atoms with van der Waals surface area (Å²) in [7, 11) is 0. The molecule has 0 spiro atoms. The van der Waals surface area contributed by atoms with E-state index in [0.29, 0.717) is 6.42 Å². The number of hydrogen-bond donors (Lipinski definition) is 1. The summed E-state index contributed by atoms with van der Waals surface area (Å²) in [6.45, 7) is 8.12. The average molecular weight is 200 g/mol. The van der Waals surface area contributed by atoms with Gasteiger partial charge < -0.3 is 5.11 Å². The van der Waals surface area contributed by atoms with Crippen LogP contribution in [0.25, 0.3) is 0 Å². The van der Waals surface area contributed by atoms with Crippen LogP contribution in [0, 0.1) is 5.82 Å². The van der Waals surface area contributed by atoms with E-state index in [1.165, 1.54) is 12.1 Å². The van der Waals surface area contributed by atoms with E-state index >= 15 is 0 Å². The second-order valence-corrected chi connectivity index (χ2v) is 2.10. The quantitative estimate of drug-likeness (QED) is 0.775. The van der Waals surface area contributed by atoms with Crippen molar-refractivity contribution in [3.05, 3.63) is 35.6 Å². The molecular formula is C12H21FO. The average Bonchev–Trinajstić information content (AvgIpc) is 2.28. The predicted octanol–water partition coefficient (Wildman–Crippen LogP) is 3.41. The van der Waals surface area contributed by atoms with E-state index in [9.17, 15) is 4.39 Å². The highest BCUT2D eigenvalue weighted by atomic mass is 19.1. The summed E-state index contributed by atoms with van der Waals surface area (Å²) in [5.74, 6) is -0.235. The molecule has 1 aromatic rings. The van der Waals surface area contributed by atoms with E-state index in [0.717, 1.165) is 5.56 Å². The summed E-state index contributed by atoms with van der Waals surface area (Å²) in [4.78, 5) is 0. The molecule has 0 saturated carbocycles. The summed E-state index contributed by atoms with van der Waals surface area (Å²) in [5.41, 5.74) is 0.962. The molecule has 0 atom stereocenters. The van der Waals surface area contributed by atoms with Crippen LogP contribution < -0.4 is 0 Å². The van der Waals surface area contributed by atoms with Crippen molar-refractivity contribution in [3.8, 4) is 0 Å². The lowest BCUT2D eigenvalue weighted by molar-refractivity contribution is 0.299. The Morgan fingerprint density at radius 2 is 1.43 bits per heavy atom. The lowest BCUT2D eigenvalue weighted by Gasteiger charge is -1.95. The maximum Gasteiger partial charge on any atom is 0.123 e. The summed E-state index contributed by atoms with van der Waals surface area (Å²) in [6, 6.07) is 6.13. The maximum absolute atomic E-state index is 12.3. The first-order valence-electron chi connectivity index (χ1n) is 5.18. The van der Waals surface area contributed by atoms with E-state index < -0.39 is 0 Å². The third-order valence-electron chi connectivity index (χ3n) is 1.31. The Labute approximate surface area is 86.6 Å². The molecule has 0 heterocycles. The Morgan fingerprint density at radius 1 is 1.00 bits per heavy atom. The molecule has 1 rings (SSSR count). The molecule has 1 N–H and O–H groups in total. The molecule has 0 unspecified atom stereocenters. The van der Waals surface area contributed by atoms with Gasteiger partial charge in [0, 0.05) is 6.61 Å². The summed E-state index contributed by atoms with van der Waals surface area (Å²) in [6.07, 6.45) is 0.597. The Hall–Kier alpha value is -0.890.